The smallest absolute Gasteiger partial charge is 0.244 e. The summed E-state index contributed by atoms with van der Waals surface area (Å²) in [6.07, 6.45) is 1.71. The summed E-state index contributed by atoms with van der Waals surface area (Å²) in [5, 5.41) is 5.06. The molecule has 2 rings (SSSR count). The molecule has 20 heavy (non-hydrogen) atoms. The topological polar surface area (TPSA) is 54.5 Å². The molecule has 5 nitrogen and oxygen atoms in total. The van der Waals surface area contributed by atoms with E-state index in [1.165, 1.54) is 0 Å². The van der Waals surface area contributed by atoms with Gasteiger partial charge in [-0.1, -0.05) is 12.1 Å². The highest BCUT2D eigenvalue weighted by atomic mass is 16.5. The van der Waals surface area contributed by atoms with Crippen molar-refractivity contribution in [1.82, 2.24) is 9.88 Å². The number of anilines is 1. The summed E-state index contributed by atoms with van der Waals surface area (Å²) in [6.45, 7) is 1.82. The van der Waals surface area contributed by atoms with Crippen molar-refractivity contribution in [3.8, 4) is 5.75 Å². The fourth-order valence-electron chi connectivity index (χ4n) is 2.13. The first-order valence-electron chi connectivity index (χ1n) is 6.44. The molecule has 2 aromatic rings. The van der Waals surface area contributed by atoms with E-state index in [0.717, 1.165) is 16.5 Å². The van der Waals surface area contributed by atoms with Crippen LogP contribution in [-0.2, 0) is 4.79 Å². The maximum Gasteiger partial charge on any atom is 0.244 e. The maximum absolute atomic E-state index is 11.9. The van der Waals surface area contributed by atoms with E-state index in [9.17, 15) is 4.79 Å². The molecule has 0 aliphatic heterocycles. The second-order valence-electron chi connectivity index (χ2n) is 4.81. The average Bonchev–Trinajstić information content (AvgIpc) is 2.45. The summed E-state index contributed by atoms with van der Waals surface area (Å²) in [5.41, 5.74) is 0. The molecule has 106 valence electrons. The molecule has 0 bridgehead atoms. The predicted molar refractivity (Wildman–Crippen MR) is 80.1 cm³/mol. The summed E-state index contributed by atoms with van der Waals surface area (Å²) in [4.78, 5) is 17.8. The fraction of sp³-hybridized carbons (Fsp3) is 0.333. The van der Waals surface area contributed by atoms with Crippen molar-refractivity contribution in [3.05, 3.63) is 30.5 Å². The second kappa shape index (κ2) is 5.77. The van der Waals surface area contributed by atoms with Gasteiger partial charge < -0.3 is 15.0 Å². The molecule has 0 radical (unpaired) electrons. The van der Waals surface area contributed by atoms with Gasteiger partial charge in [0.1, 0.15) is 17.6 Å². The number of nitrogens with one attached hydrogen (secondary N) is 1. The molecule has 0 spiro atoms. The molecule has 1 atom stereocenters. The third-order valence-electron chi connectivity index (χ3n) is 3.15. The lowest BCUT2D eigenvalue weighted by Gasteiger charge is -2.19. The third-order valence-corrected chi connectivity index (χ3v) is 3.15. The minimum atomic E-state index is -0.339. The monoisotopic (exact) mass is 273 g/mol. The van der Waals surface area contributed by atoms with E-state index in [-0.39, 0.29) is 11.9 Å². The highest BCUT2D eigenvalue weighted by molar-refractivity contribution is 5.97. The van der Waals surface area contributed by atoms with Gasteiger partial charge in [0.25, 0.3) is 0 Å². The van der Waals surface area contributed by atoms with Crippen molar-refractivity contribution in [2.45, 2.75) is 13.0 Å². The number of carbonyl (C=O) groups is 1. The first-order chi connectivity index (χ1) is 9.54. The van der Waals surface area contributed by atoms with Crippen molar-refractivity contribution in [3.63, 3.8) is 0 Å². The predicted octanol–water partition coefficient (Wildman–Crippen LogP) is 2.13. The molecule has 1 N–H and O–H groups in total. The van der Waals surface area contributed by atoms with Crippen LogP contribution >= 0.6 is 0 Å². The Bertz CT molecular complexity index is 626. The van der Waals surface area contributed by atoms with E-state index in [1.807, 2.05) is 31.2 Å². The number of hydrogen-bond acceptors (Lipinski definition) is 4. The number of carbonyl (C=O) groups excluding carboxylic acids is 1. The molecule has 0 saturated carbocycles. The zero-order valence-electron chi connectivity index (χ0n) is 12.2. The Kier molecular flexibility index (Phi) is 4.08. The van der Waals surface area contributed by atoms with Gasteiger partial charge in [0.05, 0.1) is 7.11 Å². The van der Waals surface area contributed by atoms with Crippen molar-refractivity contribution in [2.75, 3.05) is 26.5 Å². The fourth-order valence-corrected chi connectivity index (χ4v) is 2.13. The molecule has 0 saturated heterocycles. The van der Waals surface area contributed by atoms with Crippen molar-refractivity contribution in [2.24, 2.45) is 0 Å². The number of fused-ring (bicyclic) bond motifs is 1. The Morgan fingerprint density at radius 2 is 2.05 bits per heavy atom. The molecule has 0 fully saturated rings. The highest BCUT2D eigenvalue weighted by Gasteiger charge is 2.16. The van der Waals surface area contributed by atoms with Gasteiger partial charge in [-0.05, 0) is 19.1 Å². The molecule has 0 aliphatic carbocycles. The lowest BCUT2D eigenvalue weighted by molar-refractivity contribution is -0.129. The van der Waals surface area contributed by atoms with E-state index in [0.29, 0.717) is 5.82 Å². The lowest BCUT2D eigenvalue weighted by atomic mass is 10.1. The minimum absolute atomic E-state index is 0.00620. The average molecular weight is 273 g/mol. The Balaban J connectivity index is 2.38. The van der Waals surface area contributed by atoms with Crippen LogP contribution in [0, 0.1) is 0 Å². The summed E-state index contributed by atoms with van der Waals surface area (Å²) >= 11 is 0. The SMILES string of the molecule is COc1cccc2c(NC(C)C(=O)N(C)C)nccc12. The van der Waals surface area contributed by atoms with Gasteiger partial charge >= 0.3 is 0 Å². The van der Waals surface area contributed by atoms with Crippen LogP contribution in [0.3, 0.4) is 0 Å². The Labute approximate surface area is 118 Å². The van der Waals surface area contributed by atoms with Gasteiger partial charge in [0, 0.05) is 31.1 Å². The molecule has 5 heteroatoms. The summed E-state index contributed by atoms with van der Waals surface area (Å²) in [5.74, 6) is 1.48. The molecule has 0 aliphatic rings. The number of amides is 1. The minimum Gasteiger partial charge on any atom is -0.496 e. The molecular weight excluding hydrogens is 254 g/mol. The van der Waals surface area contributed by atoms with Gasteiger partial charge in [-0.3, -0.25) is 4.79 Å². The van der Waals surface area contributed by atoms with E-state index >= 15 is 0 Å². The quantitative estimate of drug-likeness (QED) is 0.927. The molecule has 1 aromatic carbocycles. The molecule has 1 amide bonds. The van der Waals surface area contributed by atoms with E-state index in [2.05, 4.69) is 10.3 Å². The van der Waals surface area contributed by atoms with Crippen LogP contribution in [0.25, 0.3) is 10.8 Å². The Morgan fingerprint density at radius 3 is 2.70 bits per heavy atom. The van der Waals surface area contributed by atoms with E-state index in [1.54, 1.807) is 32.3 Å². The van der Waals surface area contributed by atoms with Gasteiger partial charge in [0.2, 0.25) is 5.91 Å². The number of pyridine rings is 1. The van der Waals surface area contributed by atoms with Gasteiger partial charge in [-0.15, -0.1) is 0 Å². The zero-order chi connectivity index (χ0) is 14.7. The zero-order valence-corrected chi connectivity index (χ0v) is 12.2. The molecule has 1 unspecified atom stereocenters. The van der Waals surface area contributed by atoms with Gasteiger partial charge in [-0.25, -0.2) is 4.98 Å². The number of aromatic nitrogens is 1. The van der Waals surface area contributed by atoms with Crippen LogP contribution in [0.5, 0.6) is 5.75 Å². The van der Waals surface area contributed by atoms with E-state index in [4.69, 9.17) is 4.74 Å². The number of nitrogens with zero attached hydrogens (tertiary/aromatic N) is 2. The molecule has 1 heterocycles. The van der Waals surface area contributed by atoms with Crippen molar-refractivity contribution < 1.29 is 9.53 Å². The normalized spacial score (nSPS) is 12.0. The highest BCUT2D eigenvalue weighted by Crippen LogP contribution is 2.29. The standard InChI is InChI=1S/C15H19N3O2/c1-10(15(19)18(2)3)17-14-12-6-5-7-13(20-4)11(12)8-9-16-14/h5-10H,1-4H3,(H,16,17). The molecule has 1 aromatic heterocycles. The van der Waals surface area contributed by atoms with Crippen molar-refractivity contribution >= 4 is 22.5 Å². The van der Waals surface area contributed by atoms with E-state index < -0.39 is 0 Å². The summed E-state index contributed by atoms with van der Waals surface area (Å²) < 4.78 is 5.34. The first-order valence-corrected chi connectivity index (χ1v) is 6.44. The first kappa shape index (κ1) is 14.1. The number of likely N-dealkylation sites (N-methyl/N-ethyl adjacent to an activating group) is 1. The number of ether oxygens (including phenoxy) is 1. The summed E-state index contributed by atoms with van der Waals surface area (Å²) in [6, 6.07) is 7.33. The number of methoxy groups -OCH3 is 1. The van der Waals surface area contributed by atoms with Crippen LogP contribution < -0.4 is 10.1 Å². The number of benzene rings is 1. The van der Waals surface area contributed by atoms with Crippen LogP contribution in [-0.4, -0.2) is 43.0 Å². The van der Waals surface area contributed by atoms with Crippen LogP contribution in [0.2, 0.25) is 0 Å². The Hall–Kier alpha value is -2.30. The van der Waals surface area contributed by atoms with Crippen molar-refractivity contribution in [1.29, 1.82) is 0 Å². The molecular formula is C15H19N3O2. The second-order valence-corrected chi connectivity index (χ2v) is 4.81. The largest absolute Gasteiger partial charge is 0.496 e. The van der Waals surface area contributed by atoms with Gasteiger partial charge in [-0.2, -0.15) is 0 Å². The third kappa shape index (κ3) is 2.66. The van der Waals surface area contributed by atoms with Crippen LogP contribution in [0.1, 0.15) is 6.92 Å². The Morgan fingerprint density at radius 1 is 1.30 bits per heavy atom. The summed E-state index contributed by atoms with van der Waals surface area (Å²) in [7, 11) is 5.11. The van der Waals surface area contributed by atoms with Crippen LogP contribution in [0.15, 0.2) is 30.5 Å². The number of rotatable bonds is 4. The number of hydrogen-bond donors (Lipinski definition) is 1. The lowest BCUT2D eigenvalue weighted by Crippen LogP contribution is -2.36. The van der Waals surface area contributed by atoms with Gasteiger partial charge in [0.15, 0.2) is 0 Å². The van der Waals surface area contributed by atoms with Crippen LogP contribution in [0.4, 0.5) is 5.82 Å². The maximum atomic E-state index is 11.9.